The summed E-state index contributed by atoms with van der Waals surface area (Å²) in [6, 6.07) is 0. The zero-order valence-corrected chi connectivity index (χ0v) is 43.2. The van der Waals surface area contributed by atoms with Gasteiger partial charge in [0.15, 0.2) is 6.10 Å². The number of ether oxygens (including phenoxy) is 4. The standard InChI is InChI=1S/C55H107NO8/c1-6-8-10-12-14-16-18-20-21-22-23-24-25-26-27-28-29-30-31-32-33-34-36-38-40-42-44-46-53(58)64-51(50-63-55(54(59)60)61-48-47-56(3,4)5)49-62-52(57)45-43-41-39-37-35-19-17-15-13-11-9-7-2/h51,55H,6-50H2,1-5H3/p+1. The number of rotatable bonds is 52. The molecule has 0 amide bonds. The van der Waals surface area contributed by atoms with Crippen LogP contribution in [-0.2, 0) is 33.3 Å². The van der Waals surface area contributed by atoms with Gasteiger partial charge in [0.25, 0.3) is 6.29 Å². The molecular formula is C55H108NO8+. The SMILES string of the molecule is CCCCCCCCCCCCCCCCCCCCCCCCCCCCCC(=O)OC(COC(=O)CCCCCCCCCCCCCC)COC(OCC[N+](C)(C)C)C(=O)O. The Morgan fingerprint density at radius 3 is 1.00 bits per heavy atom. The van der Waals surface area contributed by atoms with E-state index in [1.54, 1.807) is 0 Å². The first kappa shape index (κ1) is 62.3. The highest BCUT2D eigenvalue weighted by molar-refractivity contribution is 5.71. The number of aliphatic carboxylic acids is 1. The molecule has 0 rings (SSSR count). The molecular weight excluding hydrogens is 803 g/mol. The van der Waals surface area contributed by atoms with Crippen LogP contribution in [0.4, 0.5) is 0 Å². The largest absolute Gasteiger partial charge is 0.477 e. The van der Waals surface area contributed by atoms with Gasteiger partial charge in [-0.05, 0) is 12.8 Å². The Labute approximate surface area is 396 Å². The summed E-state index contributed by atoms with van der Waals surface area (Å²) in [7, 11) is 5.97. The van der Waals surface area contributed by atoms with Gasteiger partial charge >= 0.3 is 17.9 Å². The third-order valence-electron chi connectivity index (χ3n) is 12.6. The third kappa shape index (κ3) is 48.2. The van der Waals surface area contributed by atoms with E-state index < -0.39 is 18.4 Å². The molecule has 2 atom stereocenters. The van der Waals surface area contributed by atoms with Crippen molar-refractivity contribution in [3.05, 3.63) is 0 Å². The fourth-order valence-corrected chi connectivity index (χ4v) is 8.31. The number of carbonyl (C=O) groups is 3. The predicted octanol–water partition coefficient (Wildman–Crippen LogP) is 15.6. The van der Waals surface area contributed by atoms with Crippen LogP contribution < -0.4 is 0 Å². The van der Waals surface area contributed by atoms with E-state index in [9.17, 15) is 19.5 Å². The molecule has 64 heavy (non-hydrogen) atoms. The van der Waals surface area contributed by atoms with Gasteiger partial charge in [-0.15, -0.1) is 0 Å². The Morgan fingerprint density at radius 1 is 0.406 bits per heavy atom. The highest BCUT2D eigenvalue weighted by atomic mass is 16.7. The molecule has 0 aliphatic carbocycles. The molecule has 2 unspecified atom stereocenters. The molecule has 1 N–H and O–H groups in total. The molecule has 0 aliphatic heterocycles. The van der Waals surface area contributed by atoms with Gasteiger partial charge in [0.2, 0.25) is 0 Å². The van der Waals surface area contributed by atoms with Gasteiger partial charge in [0.05, 0.1) is 34.4 Å². The summed E-state index contributed by atoms with van der Waals surface area (Å²) in [5.74, 6) is -1.98. The van der Waals surface area contributed by atoms with E-state index in [2.05, 4.69) is 13.8 Å². The summed E-state index contributed by atoms with van der Waals surface area (Å²) in [4.78, 5) is 37.2. The highest BCUT2D eigenvalue weighted by Crippen LogP contribution is 2.18. The van der Waals surface area contributed by atoms with Crippen LogP contribution in [0.25, 0.3) is 0 Å². The van der Waals surface area contributed by atoms with Gasteiger partial charge in [-0.3, -0.25) is 9.59 Å². The average molecular weight is 911 g/mol. The second-order valence-electron chi connectivity index (χ2n) is 20.3. The van der Waals surface area contributed by atoms with Crippen molar-refractivity contribution >= 4 is 17.9 Å². The van der Waals surface area contributed by atoms with Gasteiger partial charge in [-0.2, -0.15) is 0 Å². The van der Waals surface area contributed by atoms with Crippen LogP contribution in [0.1, 0.15) is 277 Å². The molecule has 0 heterocycles. The molecule has 0 bridgehead atoms. The number of quaternary nitrogens is 1. The van der Waals surface area contributed by atoms with E-state index >= 15 is 0 Å². The lowest BCUT2D eigenvalue weighted by atomic mass is 10.0. The third-order valence-corrected chi connectivity index (χ3v) is 12.6. The van der Waals surface area contributed by atoms with E-state index in [1.165, 1.54) is 212 Å². The monoisotopic (exact) mass is 911 g/mol. The lowest BCUT2D eigenvalue weighted by Crippen LogP contribution is -2.40. The Bertz CT molecular complexity index is 1020. The molecule has 0 spiro atoms. The topological polar surface area (TPSA) is 108 Å². The Balaban J connectivity index is 4.11. The van der Waals surface area contributed by atoms with E-state index in [4.69, 9.17) is 18.9 Å². The summed E-state index contributed by atoms with van der Waals surface area (Å²) in [6.45, 7) is 4.92. The zero-order chi connectivity index (χ0) is 47.0. The van der Waals surface area contributed by atoms with E-state index in [0.717, 1.165) is 38.5 Å². The molecule has 380 valence electrons. The van der Waals surface area contributed by atoms with Crippen molar-refractivity contribution in [3.8, 4) is 0 Å². The minimum absolute atomic E-state index is 0.173. The van der Waals surface area contributed by atoms with Gasteiger partial charge in [0, 0.05) is 12.8 Å². The summed E-state index contributed by atoms with van der Waals surface area (Å²) in [5.41, 5.74) is 0. The maximum absolute atomic E-state index is 12.8. The molecule has 0 aromatic carbocycles. The lowest BCUT2D eigenvalue weighted by molar-refractivity contribution is -0.870. The molecule has 0 fully saturated rings. The fourth-order valence-electron chi connectivity index (χ4n) is 8.31. The first-order valence-corrected chi connectivity index (χ1v) is 27.7. The molecule has 0 aromatic heterocycles. The zero-order valence-electron chi connectivity index (χ0n) is 43.2. The molecule has 9 nitrogen and oxygen atoms in total. The molecule has 0 aliphatic rings. The number of nitrogens with zero attached hydrogens (tertiary/aromatic N) is 1. The maximum Gasteiger partial charge on any atom is 0.361 e. The molecule has 0 saturated heterocycles. The first-order chi connectivity index (χ1) is 31.1. The van der Waals surface area contributed by atoms with Crippen molar-refractivity contribution in [1.82, 2.24) is 0 Å². The molecule has 0 radical (unpaired) electrons. The van der Waals surface area contributed by atoms with Crippen LogP contribution in [-0.4, -0.2) is 87.4 Å². The lowest BCUT2D eigenvalue weighted by Gasteiger charge is -2.25. The Kier molecular flexibility index (Phi) is 46.5. The smallest absolute Gasteiger partial charge is 0.361 e. The van der Waals surface area contributed by atoms with Crippen molar-refractivity contribution in [1.29, 1.82) is 0 Å². The summed E-state index contributed by atoms with van der Waals surface area (Å²) in [5, 5.41) is 9.67. The number of esters is 2. The van der Waals surface area contributed by atoms with Crippen molar-refractivity contribution in [2.75, 3.05) is 47.5 Å². The Morgan fingerprint density at radius 2 is 0.703 bits per heavy atom. The van der Waals surface area contributed by atoms with E-state index in [0.29, 0.717) is 17.4 Å². The molecule has 0 aromatic rings. The van der Waals surface area contributed by atoms with Crippen LogP contribution in [0.2, 0.25) is 0 Å². The summed E-state index contributed by atoms with van der Waals surface area (Å²) in [6.07, 6.45) is 49.0. The fraction of sp³-hybridized carbons (Fsp3) is 0.945. The van der Waals surface area contributed by atoms with Gasteiger partial charge < -0.3 is 28.5 Å². The minimum Gasteiger partial charge on any atom is -0.477 e. The normalized spacial score (nSPS) is 12.7. The van der Waals surface area contributed by atoms with Crippen LogP contribution in [0, 0.1) is 0 Å². The number of hydrogen-bond donors (Lipinski definition) is 1. The van der Waals surface area contributed by atoms with Crippen molar-refractivity contribution in [3.63, 3.8) is 0 Å². The summed E-state index contributed by atoms with van der Waals surface area (Å²) >= 11 is 0. The van der Waals surface area contributed by atoms with Crippen LogP contribution in [0.3, 0.4) is 0 Å². The van der Waals surface area contributed by atoms with Crippen LogP contribution >= 0.6 is 0 Å². The minimum atomic E-state index is -1.50. The van der Waals surface area contributed by atoms with Gasteiger partial charge in [-0.1, -0.05) is 251 Å². The predicted molar refractivity (Wildman–Crippen MR) is 268 cm³/mol. The van der Waals surface area contributed by atoms with Crippen LogP contribution in [0.5, 0.6) is 0 Å². The molecule has 0 saturated carbocycles. The van der Waals surface area contributed by atoms with E-state index in [1.807, 2.05) is 21.1 Å². The summed E-state index contributed by atoms with van der Waals surface area (Å²) < 4.78 is 22.8. The average Bonchev–Trinajstić information content (AvgIpc) is 3.26. The number of carboxylic acid groups (broad SMARTS) is 1. The van der Waals surface area contributed by atoms with Gasteiger partial charge in [-0.25, -0.2) is 4.79 Å². The molecule has 9 heteroatoms. The number of hydrogen-bond acceptors (Lipinski definition) is 7. The quantitative estimate of drug-likeness (QED) is 0.0278. The van der Waals surface area contributed by atoms with Crippen molar-refractivity contribution < 1.29 is 42.9 Å². The van der Waals surface area contributed by atoms with E-state index in [-0.39, 0.29) is 38.2 Å². The van der Waals surface area contributed by atoms with Crippen LogP contribution in [0.15, 0.2) is 0 Å². The number of carboxylic acids is 1. The number of carbonyl (C=O) groups excluding carboxylic acids is 2. The second kappa shape index (κ2) is 47.8. The van der Waals surface area contributed by atoms with Crippen molar-refractivity contribution in [2.24, 2.45) is 0 Å². The maximum atomic E-state index is 12.8. The van der Waals surface area contributed by atoms with Crippen molar-refractivity contribution in [2.45, 2.75) is 289 Å². The number of likely N-dealkylation sites (N-methyl/N-ethyl adjacent to an activating group) is 1. The van der Waals surface area contributed by atoms with Gasteiger partial charge in [0.1, 0.15) is 13.2 Å². The first-order valence-electron chi connectivity index (χ1n) is 27.7. The number of unbranched alkanes of at least 4 members (excludes halogenated alkanes) is 37. The second-order valence-corrected chi connectivity index (χ2v) is 20.3. The highest BCUT2D eigenvalue weighted by Gasteiger charge is 2.25. The Hall–Kier alpha value is -1.71.